The summed E-state index contributed by atoms with van der Waals surface area (Å²) < 4.78 is 25.6. The minimum absolute atomic E-state index is 0. The van der Waals surface area contributed by atoms with Crippen LogP contribution in [-0.4, -0.2) is 59.3 Å². The second kappa shape index (κ2) is 7.71. The number of rotatable bonds is 2. The lowest BCUT2D eigenvalue weighted by molar-refractivity contribution is 0.353. The molecule has 1 aliphatic rings. The van der Waals surface area contributed by atoms with Crippen molar-refractivity contribution in [1.29, 1.82) is 0 Å². The third-order valence-corrected chi connectivity index (χ3v) is 7.26. The van der Waals surface area contributed by atoms with Crippen molar-refractivity contribution in [3.63, 3.8) is 0 Å². The van der Waals surface area contributed by atoms with E-state index in [0.29, 0.717) is 25.6 Å². The molecule has 0 aliphatic carbocycles. The number of imidazole rings is 1. The van der Waals surface area contributed by atoms with Gasteiger partial charge in [0.05, 0.1) is 22.7 Å². The number of halogens is 1. The maximum Gasteiger partial charge on any atom is 0.194 e. The first kappa shape index (κ1) is 20.9. The highest BCUT2D eigenvalue weighted by molar-refractivity contribution is 14.0. The molecule has 144 valence electrons. The van der Waals surface area contributed by atoms with Crippen LogP contribution in [-0.2, 0) is 16.4 Å². The first-order chi connectivity index (χ1) is 11.7. The molecule has 2 aromatic heterocycles. The zero-order valence-electron chi connectivity index (χ0n) is 15.6. The van der Waals surface area contributed by atoms with Crippen molar-refractivity contribution in [1.82, 2.24) is 19.6 Å². The van der Waals surface area contributed by atoms with Gasteiger partial charge in [0.25, 0.3) is 0 Å². The maximum absolute atomic E-state index is 12.2. The minimum atomic E-state index is -3.06. The van der Waals surface area contributed by atoms with Crippen LogP contribution in [0.15, 0.2) is 29.4 Å². The van der Waals surface area contributed by atoms with Gasteiger partial charge in [-0.15, -0.1) is 24.0 Å². The van der Waals surface area contributed by atoms with E-state index < -0.39 is 14.6 Å². The number of aromatic nitrogens is 2. The smallest absolute Gasteiger partial charge is 0.194 e. The Morgan fingerprint density at radius 2 is 2.12 bits per heavy atom. The van der Waals surface area contributed by atoms with E-state index in [9.17, 15) is 8.42 Å². The Hall–Kier alpha value is -1.36. The second-order valence-corrected chi connectivity index (χ2v) is 9.77. The molecule has 3 heterocycles. The lowest BCUT2D eigenvalue weighted by atomic mass is 10.2. The number of guanidine groups is 1. The van der Waals surface area contributed by atoms with Crippen LogP contribution >= 0.6 is 24.0 Å². The van der Waals surface area contributed by atoms with Gasteiger partial charge in [-0.1, -0.05) is 6.07 Å². The molecule has 1 saturated heterocycles. The Morgan fingerprint density at radius 3 is 2.73 bits per heavy atom. The highest BCUT2D eigenvalue weighted by Crippen LogP contribution is 2.23. The van der Waals surface area contributed by atoms with Crippen molar-refractivity contribution in [2.45, 2.75) is 32.1 Å². The van der Waals surface area contributed by atoms with Gasteiger partial charge in [0.15, 0.2) is 15.8 Å². The molecule has 0 saturated carbocycles. The highest BCUT2D eigenvalue weighted by atomic mass is 127. The molecule has 1 aliphatic heterocycles. The van der Waals surface area contributed by atoms with Gasteiger partial charge in [-0.2, -0.15) is 0 Å². The van der Waals surface area contributed by atoms with Crippen LogP contribution in [0.1, 0.15) is 25.2 Å². The standard InChI is InChI=1S/C17H25N5O2S.HI/c1-13-6-5-7-15-20-14(11-22(13)15)10-19-16(18-4)21-8-9-25(23,24)17(2,3)12-21;/h5-7,11H,8-10,12H2,1-4H3,(H,18,19);1H. The molecule has 2 aromatic rings. The fourth-order valence-electron chi connectivity index (χ4n) is 3.11. The van der Waals surface area contributed by atoms with E-state index in [1.54, 1.807) is 20.9 Å². The van der Waals surface area contributed by atoms with Crippen LogP contribution in [0.5, 0.6) is 0 Å². The van der Waals surface area contributed by atoms with Crippen molar-refractivity contribution in [2.75, 3.05) is 25.9 Å². The molecule has 0 radical (unpaired) electrons. The van der Waals surface area contributed by atoms with E-state index in [0.717, 1.165) is 17.0 Å². The fraction of sp³-hybridized carbons (Fsp3) is 0.529. The monoisotopic (exact) mass is 491 g/mol. The highest BCUT2D eigenvalue weighted by Gasteiger charge is 2.40. The summed E-state index contributed by atoms with van der Waals surface area (Å²) in [6.45, 7) is 7.01. The predicted octanol–water partition coefficient (Wildman–Crippen LogP) is 1.85. The summed E-state index contributed by atoms with van der Waals surface area (Å²) in [4.78, 5) is 10.9. The molecule has 0 bridgehead atoms. The molecule has 26 heavy (non-hydrogen) atoms. The Bertz CT molecular complexity index is 920. The van der Waals surface area contributed by atoms with E-state index in [1.165, 1.54) is 0 Å². The van der Waals surface area contributed by atoms with E-state index >= 15 is 0 Å². The summed E-state index contributed by atoms with van der Waals surface area (Å²) in [6, 6.07) is 6.01. The van der Waals surface area contributed by atoms with Crippen LogP contribution in [0.3, 0.4) is 0 Å². The number of sulfone groups is 1. The van der Waals surface area contributed by atoms with Gasteiger partial charge in [0.1, 0.15) is 5.65 Å². The van der Waals surface area contributed by atoms with Gasteiger partial charge in [-0.3, -0.25) is 4.99 Å². The van der Waals surface area contributed by atoms with Crippen LogP contribution in [0.4, 0.5) is 0 Å². The molecule has 0 unspecified atom stereocenters. The van der Waals surface area contributed by atoms with E-state index in [1.807, 2.05) is 36.2 Å². The van der Waals surface area contributed by atoms with Crippen molar-refractivity contribution in [2.24, 2.45) is 4.99 Å². The molecule has 3 rings (SSSR count). The summed E-state index contributed by atoms with van der Waals surface area (Å²) in [5.41, 5.74) is 2.96. The molecule has 0 atom stereocenters. The lowest BCUT2D eigenvalue weighted by Gasteiger charge is -2.39. The van der Waals surface area contributed by atoms with Gasteiger partial charge in [-0.25, -0.2) is 13.4 Å². The number of aliphatic imine (C=N–C) groups is 1. The first-order valence-corrected chi connectivity index (χ1v) is 10.0. The summed E-state index contributed by atoms with van der Waals surface area (Å²) in [5, 5.41) is 3.31. The number of aryl methyl sites for hydroxylation is 1. The number of fused-ring (bicyclic) bond motifs is 1. The average molecular weight is 491 g/mol. The van der Waals surface area contributed by atoms with Crippen molar-refractivity contribution < 1.29 is 8.42 Å². The van der Waals surface area contributed by atoms with Crippen LogP contribution < -0.4 is 5.32 Å². The third kappa shape index (κ3) is 3.98. The number of hydrogen-bond donors (Lipinski definition) is 1. The zero-order chi connectivity index (χ0) is 18.2. The average Bonchev–Trinajstić information content (AvgIpc) is 2.96. The number of pyridine rings is 1. The van der Waals surface area contributed by atoms with Crippen LogP contribution in [0.25, 0.3) is 5.65 Å². The Labute approximate surface area is 171 Å². The minimum Gasteiger partial charge on any atom is -0.351 e. The summed E-state index contributed by atoms with van der Waals surface area (Å²) in [5.74, 6) is 0.852. The largest absolute Gasteiger partial charge is 0.351 e. The van der Waals surface area contributed by atoms with E-state index in [2.05, 4.69) is 19.7 Å². The second-order valence-electron chi connectivity index (χ2n) is 7.03. The predicted molar refractivity (Wildman–Crippen MR) is 115 cm³/mol. The fourth-order valence-corrected chi connectivity index (χ4v) is 4.48. The van der Waals surface area contributed by atoms with Gasteiger partial charge in [0.2, 0.25) is 0 Å². The van der Waals surface area contributed by atoms with Gasteiger partial charge < -0.3 is 14.6 Å². The molecule has 0 aromatic carbocycles. The zero-order valence-corrected chi connectivity index (χ0v) is 18.7. The topological polar surface area (TPSA) is 79.1 Å². The SMILES string of the molecule is CN=C(NCc1cn2c(C)cccc2n1)N1CCS(=O)(=O)C(C)(C)C1.I. The molecule has 7 nitrogen and oxygen atoms in total. The molecule has 1 fully saturated rings. The maximum atomic E-state index is 12.2. The van der Waals surface area contributed by atoms with Crippen LogP contribution in [0.2, 0.25) is 0 Å². The van der Waals surface area contributed by atoms with Crippen molar-refractivity contribution >= 4 is 45.4 Å². The summed E-state index contributed by atoms with van der Waals surface area (Å²) in [6.07, 6.45) is 2.01. The number of nitrogens with zero attached hydrogens (tertiary/aromatic N) is 4. The number of nitrogens with one attached hydrogen (secondary N) is 1. The lowest BCUT2D eigenvalue weighted by Crippen LogP contribution is -2.57. The Balaban J connectivity index is 0.00000243. The van der Waals surface area contributed by atoms with Crippen molar-refractivity contribution in [3.05, 3.63) is 35.8 Å². The molecular weight excluding hydrogens is 465 g/mol. The third-order valence-electron chi connectivity index (χ3n) is 4.73. The number of hydrogen-bond acceptors (Lipinski definition) is 4. The molecular formula is C17H26IN5O2S. The molecule has 0 spiro atoms. The first-order valence-electron chi connectivity index (χ1n) is 8.35. The van der Waals surface area contributed by atoms with Gasteiger partial charge in [-0.05, 0) is 32.9 Å². The summed E-state index contributed by atoms with van der Waals surface area (Å²) >= 11 is 0. The molecule has 1 N–H and O–H groups in total. The van der Waals surface area contributed by atoms with E-state index in [-0.39, 0.29) is 29.7 Å². The van der Waals surface area contributed by atoms with Gasteiger partial charge >= 0.3 is 0 Å². The molecule has 9 heteroatoms. The van der Waals surface area contributed by atoms with Gasteiger partial charge in [0, 0.05) is 32.0 Å². The van der Waals surface area contributed by atoms with Crippen LogP contribution in [0, 0.1) is 6.92 Å². The quantitative estimate of drug-likeness (QED) is 0.394. The Morgan fingerprint density at radius 1 is 1.38 bits per heavy atom. The summed E-state index contributed by atoms with van der Waals surface area (Å²) in [7, 11) is -1.35. The van der Waals surface area contributed by atoms with E-state index in [4.69, 9.17) is 0 Å². The van der Waals surface area contributed by atoms with Crippen molar-refractivity contribution in [3.8, 4) is 0 Å². The normalized spacial score (nSPS) is 19.2. The Kier molecular flexibility index (Phi) is 6.21. The molecule has 0 amide bonds.